The molecule has 1 amide bonds. The molecule has 1 N–H and O–H groups in total. The summed E-state index contributed by atoms with van der Waals surface area (Å²) in [5.41, 5.74) is 5.16. The number of likely N-dealkylation sites (tertiary alicyclic amines) is 1. The van der Waals surface area contributed by atoms with Crippen LogP contribution in [0.25, 0.3) is 11.1 Å². The molecule has 5 nitrogen and oxygen atoms in total. The quantitative estimate of drug-likeness (QED) is 0.341. The summed E-state index contributed by atoms with van der Waals surface area (Å²) in [6, 6.07) is 25.9. The zero-order valence-corrected chi connectivity index (χ0v) is 22.2. The first-order valence-electron chi connectivity index (χ1n) is 13.1. The Hall–Kier alpha value is -3.73. The van der Waals surface area contributed by atoms with Crippen molar-refractivity contribution >= 4 is 17.2 Å². The third-order valence-corrected chi connectivity index (χ3v) is 6.52. The number of hydrogen-bond acceptors (Lipinski definition) is 4. The molecule has 1 unspecified atom stereocenters. The van der Waals surface area contributed by atoms with Gasteiger partial charge in [-0.25, -0.2) is 4.79 Å². The highest BCUT2D eigenvalue weighted by Gasteiger charge is 2.32. The lowest BCUT2D eigenvalue weighted by Crippen LogP contribution is -2.42. The molecule has 0 saturated carbocycles. The van der Waals surface area contributed by atoms with Crippen LogP contribution in [0.2, 0.25) is 0 Å². The molecule has 1 aliphatic heterocycles. The summed E-state index contributed by atoms with van der Waals surface area (Å²) in [5.74, 6) is 1.01. The van der Waals surface area contributed by atoms with E-state index in [1.165, 1.54) is 11.1 Å². The van der Waals surface area contributed by atoms with Crippen molar-refractivity contribution in [3.8, 4) is 11.5 Å². The molecule has 0 aromatic heterocycles. The van der Waals surface area contributed by atoms with Gasteiger partial charge in [-0.15, -0.1) is 0 Å². The number of phenolic OH excluding ortho intramolecular Hbond substituents is 1. The van der Waals surface area contributed by atoms with Crippen LogP contribution in [-0.2, 0) is 4.74 Å². The Kier molecular flexibility index (Phi) is 8.22. The van der Waals surface area contributed by atoms with Gasteiger partial charge in [-0.2, -0.15) is 0 Å². The summed E-state index contributed by atoms with van der Waals surface area (Å²) in [6.45, 7) is 8.95. The molecular weight excluding hydrogens is 462 g/mol. The van der Waals surface area contributed by atoms with Crippen LogP contribution >= 0.6 is 0 Å². The van der Waals surface area contributed by atoms with Gasteiger partial charge >= 0.3 is 6.09 Å². The van der Waals surface area contributed by atoms with Crippen LogP contribution in [-0.4, -0.2) is 40.9 Å². The van der Waals surface area contributed by atoms with Gasteiger partial charge in [0, 0.05) is 6.54 Å². The SMILES string of the molecule is CC/C(=C(\c1ccc(O)cc1)c1ccc(OCC2CCCN2C(=O)OC(C)(C)C)cc1)c1ccccc1. The fraction of sp³-hybridized carbons (Fsp3) is 0.344. The number of ether oxygens (including phenoxy) is 2. The summed E-state index contributed by atoms with van der Waals surface area (Å²) in [6.07, 6.45) is 2.44. The summed E-state index contributed by atoms with van der Waals surface area (Å²) < 4.78 is 11.7. The van der Waals surface area contributed by atoms with Crippen LogP contribution in [0, 0.1) is 0 Å². The predicted octanol–water partition coefficient (Wildman–Crippen LogP) is 7.54. The number of aromatic hydroxyl groups is 1. The van der Waals surface area contributed by atoms with Crippen molar-refractivity contribution in [2.75, 3.05) is 13.2 Å². The number of carbonyl (C=O) groups is 1. The van der Waals surface area contributed by atoms with Gasteiger partial charge in [-0.3, -0.25) is 0 Å². The molecule has 1 fully saturated rings. The monoisotopic (exact) mass is 499 g/mol. The van der Waals surface area contributed by atoms with Crippen molar-refractivity contribution in [2.45, 2.75) is 58.6 Å². The van der Waals surface area contributed by atoms with E-state index in [4.69, 9.17) is 9.47 Å². The second-order valence-electron chi connectivity index (χ2n) is 10.4. The molecule has 0 radical (unpaired) electrons. The van der Waals surface area contributed by atoms with Crippen LogP contribution in [0.3, 0.4) is 0 Å². The minimum absolute atomic E-state index is 0.00625. The Balaban J connectivity index is 1.55. The fourth-order valence-electron chi connectivity index (χ4n) is 4.79. The molecule has 1 atom stereocenters. The molecule has 37 heavy (non-hydrogen) atoms. The standard InChI is InChI=1S/C32H37NO4/c1-5-29(23-10-7-6-8-11-23)30(24-13-17-27(34)18-14-24)25-15-19-28(20-16-25)36-22-26-12-9-21-33(26)31(35)37-32(2,3)4/h6-8,10-11,13-20,26,34H,5,9,12,21-22H2,1-4H3/b30-29-. The lowest BCUT2D eigenvalue weighted by Gasteiger charge is -2.28. The first kappa shape index (κ1) is 26.3. The van der Waals surface area contributed by atoms with Crippen LogP contribution in [0.15, 0.2) is 78.9 Å². The molecule has 194 valence electrons. The van der Waals surface area contributed by atoms with Gasteiger partial charge in [0.25, 0.3) is 0 Å². The maximum Gasteiger partial charge on any atom is 0.410 e. The van der Waals surface area contributed by atoms with Crippen molar-refractivity contribution in [1.82, 2.24) is 4.90 Å². The van der Waals surface area contributed by atoms with Crippen molar-refractivity contribution in [1.29, 1.82) is 0 Å². The summed E-state index contributed by atoms with van der Waals surface area (Å²) in [4.78, 5) is 14.4. The van der Waals surface area contributed by atoms with Gasteiger partial charge in [-0.1, -0.05) is 61.5 Å². The first-order chi connectivity index (χ1) is 17.7. The van der Waals surface area contributed by atoms with Crippen LogP contribution in [0.4, 0.5) is 4.79 Å². The third kappa shape index (κ3) is 6.73. The molecule has 1 heterocycles. The van der Waals surface area contributed by atoms with Gasteiger partial charge in [0.1, 0.15) is 23.7 Å². The number of phenols is 1. The summed E-state index contributed by atoms with van der Waals surface area (Å²) >= 11 is 0. The molecule has 0 aliphatic carbocycles. The van der Waals surface area contributed by atoms with E-state index < -0.39 is 5.60 Å². The number of carbonyl (C=O) groups excluding carboxylic acids is 1. The molecular formula is C32H37NO4. The van der Waals surface area contributed by atoms with Crippen LogP contribution in [0.5, 0.6) is 11.5 Å². The zero-order valence-electron chi connectivity index (χ0n) is 22.2. The Labute approximate surface area is 220 Å². The van der Waals surface area contributed by atoms with Gasteiger partial charge in [0.15, 0.2) is 0 Å². The molecule has 3 aromatic rings. The summed E-state index contributed by atoms with van der Waals surface area (Å²) in [5, 5.41) is 9.85. The van der Waals surface area contributed by atoms with Gasteiger partial charge in [0.05, 0.1) is 6.04 Å². The van der Waals surface area contributed by atoms with E-state index in [1.54, 1.807) is 17.0 Å². The minimum Gasteiger partial charge on any atom is -0.508 e. The van der Waals surface area contributed by atoms with E-state index >= 15 is 0 Å². The van der Waals surface area contributed by atoms with Crippen molar-refractivity contribution in [3.63, 3.8) is 0 Å². The van der Waals surface area contributed by atoms with Crippen LogP contribution < -0.4 is 4.74 Å². The van der Waals surface area contributed by atoms with Gasteiger partial charge in [0.2, 0.25) is 0 Å². The van der Waals surface area contributed by atoms with Gasteiger partial charge < -0.3 is 19.5 Å². The van der Waals surface area contributed by atoms with E-state index in [0.717, 1.165) is 41.7 Å². The Morgan fingerprint density at radius 1 is 0.919 bits per heavy atom. The topological polar surface area (TPSA) is 59.0 Å². The Bertz CT molecular complexity index is 1210. The number of benzene rings is 3. The highest BCUT2D eigenvalue weighted by atomic mass is 16.6. The number of rotatable bonds is 7. The fourth-order valence-corrected chi connectivity index (χ4v) is 4.79. The number of allylic oxidation sites excluding steroid dienone is 1. The molecule has 5 heteroatoms. The number of amides is 1. The average Bonchev–Trinajstić information content (AvgIpc) is 3.36. The van der Waals surface area contributed by atoms with Gasteiger partial charge in [-0.05, 0) is 92.1 Å². The third-order valence-electron chi connectivity index (χ3n) is 6.52. The maximum atomic E-state index is 12.6. The highest BCUT2D eigenvalue weighted by Crippen LogP contribution is 2.35. The minimum atomic E-state index is -0.513. The zero-order chi connectivity index (χ0) is 26.4. The van der Waals surface area contributed by atoms with E-state index in [0.29, 0.717) is 13.2 Å². The van der Waals surface area contributed by atoms with E-state index in [9.17, 15) is 9.90 Å². The maximum absolute atomic E-state index is 12.6. The second kappa shape index (κ2) is 11.5. The van der Waals surface area contributed by atoms with Crippen LogP contribution in [0.1, 0.15) is 63.6 Å². The normalized spacial score (nSPS) is 16.3. The molecule has 1 saturated heterocycles. The molecule has 1 aliphatic rings. The van der Waals surface area contributed by atoms with E-state index in [1.807, 2.05) is 51.1 Å². The van der Waals surface area contributed by atoms with E-state index in [2.05, 4.69) is 43.3 Å². The number of nitrogens with zero attached hydrogens (tertiary/aromatic N) is 1. The average molecular weight is 500 g/mol. The Morgan fingerprint density at radius 3 is 2.14 bits per heavy atom. The first-order valence-corrected chi connectivity index (χ1v) is 13.1. The van der Waals surface area contributed by atoms with Crippen molar-refractivity contribution in [3.05, 3.63) is 95.6 Å². The van der Waals surface area contributed by atoms with Crippen molar-refractivity contribution in [2.24, 2.45) is 0 Å². The highest BCUT2D eigenvalue weighted by molar-refractivity contribution is 5.98. The predicted molar refractivity (Wildman–Crippen MR) is 149 cm³/mol. The van der Waals surface area contributed by atoms with E-state index in [-0.39, 0.29) is 17.9 Å². The largest absolute Gasteiger partial charge is 0.508 e. The molecule has 3 aromatic carbocycles. The smallest absolute Gasteiger partial charge is 0.410 e. The molecule has 0 bridgehead atoms. The second-order valence-corrected chi connectivity index (χ2v) is 10.4. The summed E-state index contributed by atoms with van der Waals surface area (Å²) in [7, 11) is 0. The lowest BCUT2D eigenvalue weighted by atomic mass is 9.88. The van der Waals surface area contributed by atoms with Crippen molar-refractivity contribution < 1.29 is 19.4 Å². The Morgan fingerprint density at radius 2 is 1.54 bits per heavy atom. The number of hydrogen-bond donors (Lipinski definition) is 1. The lowest BCUT2D eigenvalue weighted by molar-refractivity contribution is 0.0187. The molecule has 4 rings (SSSR count). The molecule has 0 spiro atoms.